The number of hydrogen-bond donors (Lipinski definition) is 3. The number of aryl methyl sites for hydroxylation is 2. The molecule has 3 aromatic rings. The van der Waals surface area contributed by atoms with Gasteiger partial charge in [0, 0.05) is 32.1 Å². The molecule has 6 heteroatoms. The van der Waals surface area contributed by atoms with Crippen LogP contribution in [0.4, 0.5) is 0 Å². The summed E-state index contributed by atoms with van der Waals surface area (Å²) in [6, 6.07) is 14.2. The number of amides is 1. The van der Waals surface area contributed by atoms with Gasteiger partial charge in [0.25, 0.3) is 5.91 Å². The molecule has 1 fully saturated rings. The van der Waals surface area contributed by atoms with Crippen LogP contribution in [0.1, 0.15) is 40.9 Å². The van der Waals surface area contributed by atoms with Gasteiger partial charge in [-0.15, -0.1) is 0 Å². The Hall–Kier alpha value is -1.82. The average molecular weight is 475 g/mol. The minimum Gasteiger partial charge on any atom is -0.358 e. The van der Waals surface area contributed by atoms with Gasteiger partial charge in [0.1, 0.15) is 0 Å². The van der Waals surface area contributed by atoms with Crippen LogP contribution in [-0.2, 0) is 12.8 Å². The fraction of sp³-hybridized carbons (Fsp3) is 0.348. The third kappa shape index (κ3) is 5.03. The Kier molecular flexibility index (Phi) is 6.58. The lowest BCUT2D eigenvalue weighted by molar-refractivity contribution is 0.0935. The van der Waals surface area contributed by atoms with Gasteiger partial charge in [0.15, 0.2) is 0 Å². The van der Waals surface area contributed by atoms with Gasteiger partial charge in [-0.3, -0.25) is 4.79 Å². The van der Waals surface area contributed by atoms with Gasteiger partial charge < -0.3 is 15.6 Å². The molecule has 4 nitrogen and oxygen atoms in total. The zero-order valence-corrected chi connectivity index (χ0v) is 18.6. The van der Waals surface area contributed by atoms with Crippen LogP contribution < -0.4 is 10.6 Å². The van der Waals surface area contributed by atoms with Gasteiger partial charge in [-0.2, -0.15) is 0 Å². The topological polar surface area (TPSA) is 56.9 Å². The van der Waals surface area contributed by atoms with Crippen molar-refractivity contribution >= 4 is 44.3 Å². The van der Waals surface area contributed by atoms with Crippen molar-refractivity contribution in [2.45, 2.75) is 38.1 Å². The second-order valence-corrected chi connectivity index (χ2v) is 9.00. The molecule has 0 bridgehead atoms. The van der Waals surface area contributed by atoms with Crippen molar-refractivity contribution in [3.63, 3.8) is 0 Å². The smallest absolute Gasteiger partial charge is 0.253 e. The first-order chi connectivity index (χ1) is 14.1. The lowest BCUT2D eigenvalue weighted by atomic mass is 10.0. The van der Waals surface area contributed by atoms with Gasteiger partial charge >= 0.3 is 0 Å². The third-order valence-electron chi connectivity index (χ3n) is 5.55. The Labute approximate surface area is 184 Å². The van der Waals surface area contributed by atoms with E-state index in [9.17, 15) is 4.79 Å². The second kappa shape index (κ2) is 9.33. The molecule has 3 N–H and O–H groups in total. The van der Waals surface area contributed by atoms with Crippen molar-refractivity contribution in [1.82, 2.24) is 15.6 Å². The summed E-state index contributed by atoms with van der Waals surface area (Å²) in [4.78, 5) is 16.8. The van der Waals surface area contributed by atoms with E-state index in [0.717, 1.165) is 76.8 Å². The van der Waals surface area contributed by atoms with E-state index in [2.05, 4.69) is 31.5 Å². The Bertz CT molecular complexity index is 991. The predicted octanol–water partition coefficient (Wildman–Crippen LogP) is 5.24. The summed E-state index contributed by atoms with van der Waals surface area (Å²) < 4.78 is 0.998. The summed E-state index contributed by atoms with van der Waals surface area (Å²) in [7, 11) is 0. The number of carbonyl (C=O) groups excluding carboxylic acids is 1. The molecule has 4 rings (SSSR count). The van der Waals surface area contributed by atoms with Crippen LogP contribution in [0.25, 0.3) is 10.9 Å². The van der Waals surface area contributed by atoms with E-state index in [-0.39, 0.29) is 11.9 Å². The molecular formula is C23H25BrClN3O. The van der Waals surface area contributed by atoms with Crippen molar-refractivity contribution in [2.75, 3.05) is 13.1 Å². The number of benzene rings is 2. The van der Waals surface area contributed by atoms with Crippen LogP contribution in [0.5, 0.6) is 0 Å². The number of hydrogen-bond acceptors (Lipinski definition) is 2. The standard InChI is InChI=1S/C23H25BrClN3O/c24-16-6-9-19-21(14-16)28-20(10-5-15-3-7-17(25)8-4-15)22(19)23(29)27-18-2-1-12-26-13-11-18/h3-4,6-9,14,18,26,28H,1-2,5,10-13H2,(H,27,29). The molecule has 0 saturated carbocycles. The molecule has 0 aliphatic carbocycles. The summed E-state index contributed by atoms with van der Waals surface area (Å²) in [6.07, 6.45) is 4.70. The second-order valence-electron chi connectivity index (χ2n) is 7.65. The Morgan fingerprint density at radius 1 is 1.10 bits per heavy atom. The van der Waals surface area contributed by atoms with Gasteiger partial charge in [0.05, 0.1) is 5.56 Å². The van der Waals surface area contributed by atoms with Crippen LogP contribution in [-0.4, -0.2) is 30.0 Å². The van der Waals surface area contributed by atoms with Gasteiger partial charge in [-0.1, -0.05) is 45.7 Å². The largest absolute Gasteiger partial charge is 0.358 e. The number of carbonyl (C=O) groups is 1. The highest BCUT2D eigenvalue weighted by atomic mass is 79.9. The molecular weight excluding hydrogens is 450 g/mol. The number of rotatable bonds is 5. The Balaban J connectivity index is 1.60. The normalized spacial score (nSPS) is 17.2. The molecule has 1 atom stereocenters. The molecule has 152 valence electrons. The maximum atomic E-state index is 13.3. The maximum absolute atomic E-state index is 13.3. The van der Waals surface area contributed by atoms with Crippen molar-refractivity contribution in [1.29, 1.82) is 0 Å². The minimum absolute atomic E-state index is 0.0246. The molecule has 2 heterocycles. The number of H-pyrrole nitrogens is 1. The number of halogens is 2. The van der Waals surface area contributed by atoms with Gasteiger partial charge in [-0.25, -0.2) is 0 Å². The fourth-order valence-electron chi connectivity index (χ4n) is 4.01. The number of aromatic nitrogens is 1. The molecule has 0 radical (unpaired) electrons. The van der Waals surface area contributed by atoms with E-state index in [1.165, 1.54) is 5.56 Å². The van der Waals surface area contributed by atoms with E-state index in [1.807, 2.05) is 42.5 Å². The summed E-state index contributed by atoms with van der Waals surface area (Å²) in [5.41, 5.74) is 3.95. The van der Waals surface area contributed by atoms with E-state index >= 15 is 0 Å². The van der Waals surface area contributed by atoms with Crippen molar-refractivity contribution in [3.8, 4) is 0 Å². The molecule has 0 spiro atoms. The highest BCUT2D eigenvalue weighted by Crippen LogP contribution is 2.27. The minimum atomic E-state index is 0.0246. The van der Waals surface area contributed by atoms with Gasteiger partial charge in [0.2, 0.25) is 0 Å². The lowest BCUT2D eigenvalue weighted by Gasteiger charge is -2.16. The van der Waals surface area contributed by atoms with Crippen LogP contribution in [0.3, 0.4) is 0 Å². The first-order valence-electron chi connectivity index (χ1n) is 10.2. The van der Waals surface area contributed by atoms with Crippen LogP contribution >= 0.6 is 27.5 Å². The summed E-state index contributed by atoms with van der Waals surface area (Å²) in [5.74, 6) is 0.0246. The summed E-state index contributed by atoms with van der Waals surface area (Å²) in [5, 5.41) is 8.40. The van der Waals surface area contributed by atoms with Gasteiger partial charge in [-0.05, 0) is 75.0 Å². The Morgan fingerprint density at radius 2 is 1.93 bits per heavy atom. The fourth-order valence-corrected chi connectivity index (χ4v) is 4.50. The van der Waals surface area contributed by atoms with E-state index in [0.29, 0.717) is 0 Å². The van der Waals surface area contributed by atoms with Crippen molar-refractivity contribution < 1.29 is 4.79 Å². The monoisotopic (exact) mass is 473 g/mol. The molecule has 1 saturated heterocycles. The zero-order chi connectivity index (χ0) is 20.2. The molecule has 1 amide bonds. The number of aromatic amines is 1. The quantitative estimate of drug-likeness (QED) is 0.473. The highest BCUT2D eigenvalue weighted by Gasteiger charge is 2.22. The average Bonchev–Trinajstić information content (AvgIpc) is 2.86. The van der Waals surface area contributed by atoms with Crippen molar-refractivity contribution in [3.05, 3.63) is 68.8 Å². The summed E-state index contributed by atoms with van der Waals surface area (Å²) >= 11 is 9.53. The van der Waals surface area contributed by atoms with E-state index in [1.54, 1.807) is 0 Å². The maximum Gasteiger partial charge on any atom is 0.253 e. The molecule has 2 aromatic carbocycles. The Morgan fingerprint density at radius 3 is 2.76 bits per heavy atom. The highest BCUT2D eigenvalue weighted by molar-refractivity contribution is 9.10. The molecule has 1 aliphatic rings. The van der Waals surface area contributed by atoms with E-state index < -0.39 is 0 Å². The number of fused-ring (bicyclic) bond motifs is 1. The number of nitrogens with one attached hydrogen (secondary N) is 3. The predicted molar refractivity (Wildman–Crippen MR) is 123 cm³/mol. The lowest BCUT2D eigenvalue weighted by Crippen LogP contribution is -2.35. The first kappa shape index (κ1) is 20.5. The van der Waals surface area contributed by atoms with Crippen LogP contribution in [0.2, 0.25) is 5.02 Å². The molecule has 29 heavy (non-hydrogen) atoms. The molecule has 1 aliphatic heterocycles. The zero-order valence-electron chi connectivity index (χ0n) is 16.2. The molecule has 1 aromatic heterocycles. The van der Waals surface area contributed by atoms with Crippen molar-refractivity contribution in [2.24, 2.45) is 0 Å². The summed E-state index contributed by atoms with van der Waals surface area (Å²) in [6.45, 7) is 1.98. The van der Waals surface area contributed by atoms with E-state index in [4.69, 9.17) is 11.6 Å². The van der Waals surface area contributed by atoms with Crippen LogP contribution in [0.15, 0.2) is 46.9 Å². The third-order valence-corrected chi connectivity index (χ3v) is 6.30. The van der Waals surface area contributed by atoms with Crippen LogP contribution in [0, 0.1) is 0 Å². The molecule has 1 unspecified atom stereocenters. The first-order valence-corrected chi connectivity index (χ1v) is 11.3. The SMILES string of the molecule is O=C(NC1CCCNCC1)c1c(CCc2ccc(Cl)cc2)[nH]c2cc(Br)ccc12.